The van der Waals surface area contributed by atoms with E-state index in [2.05, 4.69) is 4.98 Å². The van der Waals surface area contributed by atoms with Gasteiger partial charge in [-0.2, -0.15) is 0 Å². The molecule has 2 atom stereocenters. The Balaban J connectivity index is 1.53. The van der Waals surface area contributed by atoms with Gasteiger partial charge in [-0.1, -0.05) is 0 Å². The molecular weight excluding hydrogens is 317 g/mol. The molecule has 134 valence electrons. The van der Waals surface area contributed by atoms with Gasteiger partial charge in [0.15, 0.2) is 5.78 Å². The van der Waals surface area contributed by atoms with Crippen LogP contribution in [0.4, 0.5) is 0 Å². The minimum absolute atomic E-state index is 0.0431. The number of carbonyl (C=O) groups is 1. The summed E-state index contributed by atoms with van der Waals surface area (Å²) in [6.07, 6.45) is 7.73. The van der Waals surface area contributed by atoms with Crippen molar-refractivity contribution >= 4 is 18.4 Å². The number of hydrogen-bond donors (Lipinski definition) is 0. The molecule has 0 N–H and O–H groups in total. The van der Waals surface area contributed by atoms with Crippen LogP contribution >= 0.6 is 0 Å². The molecule has 2 bridgehead atoms. The van der Waals surface area contributed by atoms with Gasteiger partial charge in [-0.25, -0.2) is 0 Å². The van der Waals surface area contributed by atoms with Crippen molar-refractivity contribution in [2.45, 2.75) is 76.8 Å². The van der Waals surface area contributed by atoms with Crippen LogP contribution in [0, 0.1) is 5.92 Å². The lowest BCUT2D eigenvalue weighted by atomic mass is 9.78. The van der Waals surface area contributed by atoms with E-state index >= 15 is 0 Å². The minimum atomic E-state index is -0.490. The van der Waals surface area contributed by atoms with Crippen LogP contribution in [0.3, 0.4) is 0 Å². The molecule has 4 heterocycles. The van der Waals surface area contributed by atoms with E-state index in [9.17, 15) is 4.79 Å². The maximum Gasteiger partial charge on any atom is 0.496 e. The van der Waals surface area contributed by atoms with Crippen molar-refractivity contribution in [1.29, 1.82) is 0 Å². The monoisotopic (exact) mass is 343 g/mol. The minimum Gasteiger partial charge on any atom is -0.399 e. The van der Waals surface area contributed by atoms with E-state index in [1.54, 1.807) is 12.4 Å². The van der Waals surface area contributed by atoms with E-state index in [1.165, 1.54) is 0 Å². The molecule has 0 aromatic carbocycles. The maximum absolute atomic E-state index is 13.0. The number of nitrogens with zero attached hydrogens (tertiary/aromatic N) is 1. The lowest BCUT2D eigenvalue weighted by Crippen LogP contribution is -2.41. The SMILES string of the molecule is CC1(C)OB(c2cncc(C(=O)C3CC4CCC(C3)O4)c2)OC1(C)C. The molecule has 3 fully saturated rings. The van der Waals surface area contributed by atoms with Gasteiger partial charge >= 0.3 is 7.12 Å². The number of aromatic nitrogens is 1. The van der Waals surface area contributed by atoms with E-state index in [0.29, 0.717) is 5.56 Å². The van der Waals surface area contributed by atoms with Crippen LogP contribution in [0.5, 0.6) is 0 Å². The molecule has 25 heavy (non-hydrogen) atoms. The second-order valence-electron chi connectivity index (χ2n) is 8.59. The summed E-state index contributed by atoms with van der Waals surface area (Å²) in [4.78, 5) is 17.2. The molecule has 3 aliphatic rings. The Kier molecular flexibility index (Phi) is 4.06. The third kappa shape index (κ3) is 3.05. The normalized spacial score (nSPS) is 32.8. The Labute approximate surface area is 149 Å². The predicted molar refractivity (Wildman–Crippen MR) is 94.9 cm³/mol. The quantitative estimate of drug-likeness (QED) is 0.624. The highest BCUT2D eigenvalue weighted by Gasteiger charge is 2.52. The van der Waals surface area contributed by atoms with Gasteiger partial charge in [0, 0.05) is 29.3 Å². The molecule has 0 amide bonds. The highest BCUT2D eigenvalue weighted by atomic mass is 16.7. The number of fused-ring (bicyclic) bond motifs is 2. The summed E-state index contributed by atoms with van der Waals surface area (Å²) in [7, 11) is -0.490. The molecule has 5 nitrogen and oxygen atoms in total. The molecule has 3 aliphatic heterocycles. The van der Waals surface area contributed by atoms with E-state index in [1.807, 2.05) is 33.8 Å². The van der Waals surface area contributed by atoms with Crippen molar-refractivity contribution in [3.8, 4) is 0 Å². The first-order valence-electron chi connectivity index (χ1n) is 9.25. The second-order valence-corrected chi connectivity index (χ2v) is 8.59. The average molecular weight is 343 g/mol. The first-order valence-corrected chi connectivity index (χ1v) is 9.25. The van der Waals surface area contributed by atoms with E-state index < -0.39 is 18.3 Å². The number of ketones is 1. The summed E-state index contributed by atoms with van der Waals surface area (Å²) in [5.74, 6) is 0.215. The summed E-state index contributed by atoms with van der Waals surface area (Å²) < 4.78 is 18.0. The first kappa shape index (κ1) is 17.2. The van der Waals surface area contributed by atoms with E-state index in [4.69, 9.17) is 14.0 Å². The predicted octanol–water partition coefficient (Wildman–Crippen LogP) is 2.52. The number of pyridine rings is 1. The number of ether oxygens (including phenoxy) is 1. The van der Waals surface area contributed by atoms with Gasteiger partial charge in [0.1, 0.15) is 0 Å². The maximum atomic E-state index is 13.0. The number of hydrogen-bond acceptors (Lipinski definition) is 5. The van der Waals surface area contributed by atoms with Gasteiger partial charge in [0.05, 0.1) is 23.4 Å². The van der Waals surface area contributed by atoms with Gasteiger partial charge in [-0.15, -0.1) is 0 Å². The molecule has 2 unspecified atom stereocenters. The Morgan fingerprint density at radius 3 is 2.28 bits per heavy atom. The van der Waals surface area contributed by atoms with Gasteiger partial charge < -0.3 is 14.0 Å². The molecule has 1 aromatic heterocycles. The molecular formula is C19H26BNO4. The molecule has 0 radical (unpaired) electrons. The van der Waals surface area contributed by atoms with Crippen LogP contribution in [0.15, 0.2) is 18.5 Å². The summed E-state index contributed by atoms with van der Waals surface area (Å²) in [5, 5.41) is 0. The third-order valence-electron chi connectivity index (χ3n) is 6.23. The van der Waals surface area contributed by atoms with Crippen molar-refractivity contribution in [3.05, 3.63) is 24.0 Å². The second kappa shape index (κ2) is 5.90. The topological polar surface area (TPSA) is 57.7 Å². The van der Waals surface area contributed by atoms with Crippen LogP contribution in [0.2, 0.25) is 0 Å². The van der Waals surface area contributed by atoms with Crippen LogP contribution in [0.25, 0.3) is 0 Å². The van der Waals surface area contributed by atoms with Gasteiger partial charge in [-0.3, -0.25) is 9.78 Å². The van der Waals surface area contributed by atoms with Crippen LogP contribution in [0.1, 0.15) is 63.7 Å². The van der Waals surface area contributed by atoms with Crippen molar-refractivity contribution in [1.82, 2.24) is 4.98 Å². The largest absolute Gasteiger partial charge is 0.496 e. The fourth-order valence-corrected chi connectivity index (χ4v) is 4.01. The molecule has 0 saturated carbocycles. The Hall–Kier alpha value is -1.24. The highest BCUT2D eigenvalue weighted by molar-refractivity contribution is 6.62. The zero-order valence-corrected chi connectivity index (χ0v) is 15.5. The van der Waals surface area contributed by atoms with E-state index in [-0.39, 0.29) is 23.9 Å². The smallest absolute Gasteiger partial charge is 0.399 e. The third-order valence-corrected chi connectivity index (χ3v) is 6.23. The molecule has 0 aliphatic carbocycles. The lowest BCUT2D eigenvalue weighted by Gasteiger charge is -2.32. The Bertz CT molecular complexity index is 662. The van der Waals surface area contributed by atoms with Crippen molar-refractivity contribution in [2.75, 3.05) is 0 Å². The van der Waals surface area contributed by atoms with E-state index in [0.717, 1.165) is 31.1 Å². The van der Waals surface area contributed by atoms with Gasteiger partial charge in [0.25, 0.3) is 0 Å². The summed E-state index contributed by atoms with van der Waals surface area (Å²) >= 11 is 0. The highest BCUT2D eigenvalue weighted by Crippen LogP contribution is 2.38. The van der Waals surface area contributed by atoms with Crippen molar-refractivity contribution < 1.29 is 18.8 Å². The fraction of sp³-hybridized carbons (Fsp3) is 0.684. The van der Waals surface area contributed by atoms with Crippen LogP contribution in [-0.2, 0) is 14.0 Å². The lowest BCUT2D eigenvalue weighted by molar-refractivity contribution is -0.0149. The molecule has 1 aromatic rings. The van der Waals surface area contributed by atoms with Crippen LogP contribution in [-0.4, -0.2) is 41.3 Å². The molecule has 0 spiro atoms. The number of rotatable bonds is 3. The summed E-state index contributed by atoms with van der Waals surface area (Å²) in [6, 6.07) is 1.88. The first-order chi connectivity index (χ1) is 11.7. The van der Waals surface area contributed by atoms with Crippen molar-refractivity contribution in [2.24, 2.45) is 5.92 Å². The van der Waals surface area contributed by atoms with Gasteiger partial charge in [-0.05, 0) is 59.4 Å². The zero-order valence-electron chi connectivity index (χ0n) is 15.5. The Morgan fingerprint density at radius 1 is 1.08 bits per heavy atom. The van der Waals surface area contributed by atoms with Crippen LogP contribution < -0.4 is 5.46 Å². The number of carbonyl (C=O) groups excluding carboxylic acids is 1. The van der Waals surface area contributed by atoms with Gasteiger partial charge in [0.2, 0.25) is 0 Å². The molecule has 6 heteroatoms. The zero-order chi connectivity index (χ0) is 17.8. The molecule has 4 rings (SSSR count). The number of Topliss-reactive ketones (excluding diaryl/α,β-unsaturated/α-hetero) is 1. The summed E-state index contributed by atoms with van der Waals surface area (Å²) in [5.41, 5.74) is 0.646. The fourth-order valence-electron chi connectivity index (χ4n) is 4.01. The standard InChI is InChI=1S/C19H26BNO4/c1-18(2)19(3,4)25-20(24-18)14-7-13(10-21-11-14)17(22)12-8-15-5-6-16(9-12)23-15/h7,10-12,15-16H,5-6,8-9H2,1-4H3. The average Bonchev–Trinajstić information content (AvgIpc) is 3.01. The Morgan fingerprint density at radius 2 is 1.68 bits per heavy atom. The summed E-state index contributed by atoms with van der Waals surface area (Å²) in [6.45, 7) is 8.08. The molecule has 3 saturated heterocycles. The van der Waals surface area contributed by atoms with Crippen molar-refractivity contribution in [3.63, 3.8) is 0 Å².